The van der Waals surface area contributed by atoms with Gasteiger partial charge in [0, 0.05) is 29.9 Å². The highest BCUT2D eigenvalue weighted by Gasteiger charge is 2.12. The molecule has 3 rings (SSSR count). The number of hydrogen-bond donors (Lipinski definition) is 1. The molecule has 0 radical (unpaired) electrons. The number of hydrogen-bond acceptors (Lipinski definition) is 2. The molecule has 1 aromatic heterocycles. The second-order valence-electron chi connectivity index (χ2n) is 5.38. The van der Waals surface area contributed by atoms with E-state index in [1.165, 1.54) is 10.9 Å². The van der Waals surface area contributed by atoms with E-state index < -0.39 is 0 Å². The van der Waals surface area contributed by atoms with Crippen molar-refractivity contribution >= 4 is 22.5 Å². The number of halogens is 1. The van der Waals surface area contributed by atoms with Gasteiger partial charge in [-0.1, -0.05) is 41.9 Å². The minimum atomic E-state index is 0.0458. The summed E-state index contributed by atoms with van der Waals surface area (Å²) in [6, 6.07) is 16.2. The molecule has 0 aliphatic rings. The van der Waals surface area contributed by atoms with Crippen LogP contribution in [0.5, 0.6) is 0 Å². The third-order valence-corrected chi connectivity index (χ3v) is 3.95. The van der Waals surface area contributed by atoms with Gasteiger partial charge in [-0.3, -0.25) is 4.68 Å². The van der Waals surface area contributed by atoms with Crippen molar-refractivity contribution in [3.8, 4) is 0 Å². The van der Waals surface area contributed by atoms with Crippen LogP contribution in [0.2, 0.25) is 5.02 Å². The van der Waals surface area contributed by atoms with Crippen LogP contribution in [0.3, 0.4) is 0 Å². The molecule has 0 aliphatic carbocycles. The summed E-state index contributed by atoms with van der Waals surface area (Å²) in [4.78, 5) is 0. The van der Waals surface area contributed by atoms with Gasteiger partial charge in [0.15, 0.2) is 0 Å². The van der Waals surface area contributed by atoms with Crippen LogP contribution in [0.1, 0.15) is 11.3 Å². The van der Waals surface area contributed by atoms with Gasteiger partial charge in [0.05, 0.1) is 11.2 Å². The summed E-state index contributed by atoms with van der Waals surface area (Å²) >= 11 is 5.90. The van der Waals surface area contributed by atoms with Gasteiger partial charge in [-0.25, -0.2) is 0 Å². The molecule has 0 amide bonds. The fraction of sp³-hybridized carbons (Fsp3) is 0.235. The maximum Gasteiger partial charge on any atom is 0.0718 e. The quantitative estimate of drug-likeness (QED) is 0.803. The number of rotatable bonds is 4. The number of benzene rings is 2. The van der Waals surface area contributed by atoms with Crippen LogP contribution in [-0.4, -0.2) is 15.8 Å². The van der Waals surface area contributed by atoms with Crippen molar-refractivity contribution in [3.05, 3.63) is 64.8 Å². The molecule has 0 aliphatic heterocycles. The number of fused-ring (bicyclic) bond motifs is 1. The normalized spacial score (nSPS) is 12.7. The average molecular weight is 300 g/mol. The molecule has 3 aromatic rings. The van der Waals surface area contributed by atoms with Gasteiger partial charge in [-0.2, -0.15) is 5.10 Å². The summed E-state index contributed by atoms with van der Waals surface area (Å²) in [6.07, 6.45) is 1.59. The highest BCUT2D eigenvalue weighted by molar-refractivity contribution is 6.30. The highest BCUT2D eigenvalue weighted by Crippen LogP contribution is 2.19. The first-order chi connectivity index (χ1) is 10.1. The number of aryl methyl sites for hydroxylation is 1. The molecular weight excluding hydrogens is 282 g/mol. The lowest BCUT2D eigenvalue weighted by molar-refractivity contribution is 0.642. The first-order valence-corrected chi connectivity index (χ1v) is 7.42. The third-order valence-electron chi connectivity index (χ3n) is 3.70. The summed E-state index contributed by atoms with van der Waals surface area (Å²) in [5.41, 5.74) is 9.70. The second-order valence-corrected chi connectivity index (χ2v) is 5.82. The summed E-state index contributed by atoms with van der Waals surface area (Å²) in [6.45, 7) is 0. The topological polar surface area (TPSA) is 43.8 Å². The van der Waals surface area contributed by atoms with Crippen LogP contribution >= 0.6 is 11.6 Å². The minimum absolute atomic E-state index is 0.0458. The largest absolute Gasteiger partial charge is 0.327 e. The van der Waals surface area contributed by atoms with Gasteiger partial charge < -0.3 is 5.73 Å². The lowest BCUT2D eigenvalue weighted by Crippen LogP contribution is -2.25. The van der Waals surface area contributed by atoms with Gasteiger partial charge in [0.2, 0.25) is 0 Å². The monoisotopic (exact) mass is 299 g/mol. The maximum atomic E-state index is 6.29. The zero-order valence-electron chi connectivity index (χ0n) is 12.0. The molecule has 0 saturated heterocycles. The van der Waals surface area contributed by atoms with E-state index in [0.29, 0.717) is 0 Å². The molecule has 2 N–H and O–H groups in total. The first kappa shape index (κ1) is 14.1. The summed E-state index contributed by atoms with van der Waals surface area (Å²) < 4.78 is 1.92. The number of nitrogens with two attached hydrogens (primary N) is 1. The fourth-order valence-corrected chi connectivity index (χ4v) is 2.81. The van der Waals surface area contributed by atoms with Crippen molar-refractivity contribution in [1.82, 2.24) is 9.78 Å². The zero-order valence-corrected chi connectivity index (χ0v) is 12.7. The van der Waals surface area contributed by atoms with Crippen molar-refractivity contribution in [2.75, 3.05) is 0 Å². The van der Waals surface area contributed by atoms with Gasteiger partial charge in [0.25, 0.3) is 0 Å². The third kappa shape index (κ3) is 3.09. The molecule has 1 atom stereocenters. The zero-order chi connectivity index (χ0) is 14.8. The van der Waals surface area contributed by atoms with Gasteiger partial charge in [-0.15, -0.1) is 0 Å². The summed E-state index contributed by atoms with van der Waals surface area (Å²) in [5, 5.41) is 6.54. The van der Waals surface area contributed by atoms with Crippen LogP contribution < -0.4 is 5.73 Å². The Morgan fingerprint density at radius 3 is 2.57 bits per heavy atom. The highest BCUT2D eigenvalue weighted by atomic mass is 35.5. The van der Waals surface area contributed by atoms with Crippen LogP contribution in [0.4, 0.5) is 0 Å². The molecule has 1 unspecified atom stereocenters. The Bertz CT molecular complexity index is 746. The standard InChI is InChI=1S/C17H18ClN3/c1-21-17-5-3-2-4-15(17)16(20-21)11-14(19)10-12-6-8-13(18)9-7-12/h2-9,14H,10-11,19H2,1H3. The van der Waals surface area contributed by atoms with Crippen molar-refractivity contribution in [1.29, 1.82) is 0 Å². The van der Waals surface area contributed by atoms with Gasteiger partial charge in [-0.05, 0) is 30.2 Å². The SMILES string of the molecule is Cn1nc(CC(N)Cc2ccc(Cl)cc2)c2ccccc21. The Hall–Kier alpha value is -1.84. The van der Waals surface area contributed by atoms with Crippen LogP contribution in [0.15, 0.2) is 48.5 Å². The minimum Gasteiger partial charge on any atom is -0.327 e. The number of nitrogens with zero attached hydrogens (tertiary/aromatic N) is 2. The van der Waals surface area contributed by atoms with E-state index in [2.05, 4.69) is 17.2 Å². The molecular formula is C17H18ClN3. The van der Waals surface area contributed by atoms with E-state index in [1.54, 1.807) is 0 Å². The first-order valence-electron chi connectivity index (χ1n) is 7.04. The van der Waals surface area contributed by atoms with Crippen molar-refractivity contribution in [3.63, 3.8) is 0 Å². The van der Waals surface area contributed by atoms with E-state index in [4.69, 9.17) is 17.3 Å². The molecule has 2 aromatic carbocycles. The maximum absolute atomic E-state index is 6.29. The van der Waals surface area contributed by atoms with Gasteiger partial charge >= 0.3 is 0 Å². The number of aromatic nitrogens is 2. The average Bonchev–Trinajstić information content (AvgIpc) is 2.78. The summed E-state index contributed by atoms with van der Waals surface area (Å²) in [5.74, 6) is 0. The lowest BCUT2D eigenvalue weighted by Gasteiger charge is -2.10. The van der Waals surface area contributed by atoms with Crippen molar-refractivity contribution in [2.45, 2.75) is 18.9 Å². The van der Waals surface area contributed by atoms with E-state index >= 15 is 0 Å². The van der Waals surface area contributed by atoms with Crippen LogP contribution in [0, 0.1) is 0 Å². The summed E-state index contributed by atoms with van der Waals surface area (Å²) in [7, 11) is 1.97. The number of para-hydroxylation sites is 1. The molecule has 108 valence electrons. The molecule has 3 nitrogen and oxygen atoms in total. The van der Waals surface area contributed by atoms with E-state index in [1.807, 2.05) is 48.1 Å². The molecule has 0 spiro atoms. The second kappa shape index (κ2) is 5.88. The molecule has 21 heavy (non-hydrogen) atoms. The molecule has 4 heteroatoms. The molecule has 0 bridgehead atoms. The Balaban J connectivity index is 1.77. The van der Waals surface area contributed by atoms with Crippen molar-refractivity contribution < 1.29 is 0 Å². The molecule has 0 saturated carbocycles. The van der Waals surface area contributed by atoms with Crippen LogP contribution in [0.25, 0.3) is 10.9 Å². The Labute approximate surface area is 129 Å². The molecule has 1 heterocycles. The van der Waals surface area contributed by atoms with Crippen molar-refractivity contribution in [2.24, 2.45) is 12.8 Å². The molecule has 0 fully saturated rings. The Morgan fingerprint density at radius 2 is 1.81 bits per heavy atom. The van der Waals surface area contributed by atoms with E-state index in [9.17, 15) is 0 Å². The predicted octanol–water partition coefficient (Wildman–Crippen LogP) is 3.34. The fourth-order valence-electron chi connectivity index (χ4n) is 2.68. The Kier molecular flexibility index (Phi) is 3.95. The van der Waals surface area contributed by atoms with Gasteiger partial charge in [0.1, 0.15) is 0 Å². The van der Waals surface area contributed by atoms with Crippen LogP contribution in [-0.2, 0) is 19.9 Å². The van der Waals surface area contributed by atoms with E-state index in [-0.39, 0.29) is 6.04 Å². The van der Waals surface area contributed by atoms with E-state index in [0.717, 1.165) is 29.1 Å². The lowest BCUT2D eigenvalue weighted by atomic mass is 10.0. The Morgan fingerprint density at radius 1 is 1.10 bits per heavy atom. The smallest absolute Gasteiger partial charge is 0.0718 e. The predicted molar refractivity (Wildman–Crippen MR) is 87.5 cm³/mol.